The van der Waals surface area contributed by atoms with E-state index in [-0.39, 0.29) is 0 Å². The monoisotopic (exact) mass is 317 g/mol. The lowest BCUT2D eigenvalue weighted by Gasteiger charge is -2.05. The van der Waals surface area contributed by atoms with Gasteiger partial charge in [0.05, 0.1) is 6.61 Å². The van der Waals surface area contributed by atoms with Gasteiger partial charge >= 0.3 is 0 Å². The average Bonchev–Trinajstić information content (AvgIpc) is 2.74. The molecule has 0 spiro atoms. The van der Waals surface area contributed by atoms with Crippen molar-refractivity contribution in [1.29, 1.82) is 0 Å². The van der Waals surface area contributed by atoms with E-state index in [4.69, 9.17) is 16.3 Å². The fraction of sp³-hybridized carbons (Fsp3) is 0.182. The Morgan fingerprint density at radius 2 is 2.38 bits per heavy atom. The van der Waals surface area contributed by atoms with Crippen LogP contribution >= 0.6 is 38.9 Å². The van der Waals surface area contributed by atoms with Crippen LogP contribution in [0.1, 0.15) is 4.88 Å². The predicted octanol–water partition coefficient (Wildman–Crippen LogP) is 4.18. The van der Waals surface area contributed by atoms with E-state index in [1.807, 2.05) is 6.07 Å². The zero-order valence-corrected chi connectivity index (χ0v) is 11.5. The van der Waals surface area contributed by atoms with E-state index in [1.54, 1.807) is 23.6 Å². The number of nitrogens with zero attached hydrogens (tertiary/aromatic N) is 1. The molecule has 0 radical (unpaired) electrons. The summed E-state index contributed by atoms with van der Waals surface area (Å²) in [5.41, 5.74) is 0. The highest BCUT2D eigenvalue weighted by atomic mass is 79.9. The first kappa shape index (κ1) is 11.9. The molecule has 16 heavy (non-hydrogen) atoms. The Bertz CT molecular complexity index is 461. The molecular weight excluding hydrogens is 310 g/mol. The highest BCUT2D eigenvalue weighted by molar-refractivity contribution is 9.10. The van der Waals surface area contributed by atoms with Crippen LogP contribution in [0.3, 0.4) is 0 Å². The van der Waals surface area contributed by atoms with E-state index in [9.17, 15) is 0 Å². The molecule has 0 fully saturated rings. The van der Waals surface area contributed by atoms with Crippen LogP contribution < -0.4 is 4.74 Å². The molecule has 0 saturated heterocycles. The Morgan fingerprint density at radius 1 is 1.50 bits per heavy atom. The van der Waals surface area contributed by atoms with Crippen LogP contribution in [0.5, 0.6) is 5.88 Å². The Kier molecular flexibility index (Phi) is 4.21. The van der Waals surface area contributed by atoms with Crippen LogP contribution in [-0.4, -0.2) is 11.6 Å². The zero-order chi connectivity index (χ0) is 11.4. The van der Waals surface area contributed by atoms with Gasteiger partial charge in [0.1, 0.15) is 5.02 Å². The smallest absolute Gasteiger partial charge is 0.232 e. The third-order valence-electron chi connectivity index (χ3n) is 1.94. The summed E-state index contributed by atoms with van der Waals surface area (Å²) in [5.74, 6) is 0.487. The Balaban J connectivity index is 1.90. The topological polar surface area (TPSA) is 22.1 Å². The molecule has 0 aromatic carbocycles. The number of hydrogen-bond acceptors (Lipinski definition) is 3. The van der Waals surface area contributed by atoms with Crippen LogP contribution in [-0.2, 0) is 6.42 Å². The van der Waals surface area contributed by atoms with Gasteiger partial charge in [0.15, 0.2) is 0 Å². The molecule has 2 heterocycles. The summed E-state index contributed by atoms with van der Waals surface area (Å²) >= 11 is 11.0. The van der Waals surface area contributed by atoms with Gasteiger partial charge in [-0.25, -0.2) is 4.98 Å². The lowest BCUT2D eigenvalue weighted by atomic mass is 10.4. The second-order valence-corrected chi connectivity index (χ2v) is 5.47. The number of ether oxygens (including phenoxy) is 1. The van der Waals surface area contributed by atoms with Crippen LogP contribution in [0, 0.1) is 0 Å². The van der Waals surface area contributed by atoms with Gasteiger partial charge in [-0.2, -0.15) is 0 Å². The van der Waals surface area contributed by atoms with E-state index in [2.05, 4.69) is 32.4 Å². The number of rotatable bonds is 4. The van der Waals surface area contributed by atoms with E-state index in [0.29, 0.717) is 17.5 Å². The molecule has 0 amide bonds. The largest absolute Gasteiger partial charge is 0.476 e. The Hall–Kier alpha value is -0.580. The summed E-state index contributed by atoms with van der Waals surface area (Å²) in [7, 11) is 0. The van der Waals surface area contributed by atoms with Gasteiger partial charge in [-0.15, -0.1) is 11.3 Å². The van der Waals surface area contributed by atoms with Crippen molar-refractivity contribution >= 4 is 38.9 Å². The number of pyridine rings is 1. The summed E-state index contributed by atoms with van der Waals surface area (Å²) in [4.78, 5) is 5.40. The van der Waals surface area contributed by atoms with Crippen molar-refractivity contribution in [3.63, 3.8) is 0 Å². The van der Waals surface area contributed by atoms with Gasteiger partial charge in [-0.3, -0.25) is 0 Å². The highest BCUT2D eigenvalue weighted by Crippen LogP contribution is 2.24. The van der Waals surface area contributed by atoms with E-state index in [0.717, 1.165) is 10.9 Å². The summed E-state index contributed by atoms with van der Waals surface area (Å²) in [6, 6.07) is 5.89. The van der Waals surface area contributed by atoms with Crippen molar-refractivity contribution in [1.82, 2.24) is 4.98 Å². The predicted molar refractivity (Wildman–Crippen MR) is 70.5 cm³/mol. The van der Waals surface area contributed by atoms with E-state index in [1.165, 1.54) is 4.88 Å². The molecule has 2 rings (SSSR count). The molecule has 5 heteroatoms. The van der Waals surface area contributed by atoms with Crippen molar-refractivity contribution in [2.45, 2.75) is 6.42 Å². The summed E-state index contributed by atoms with van der Waals surface area (Å²) in [6.07, 6.45) is 2.55. The maximum Gasteiger partial charge on any atom is 0.232 e. The second-order valence-electron chi connectivity index (χ2n) is 3.12. The highest BCUT2D eigenvalue weighted by Gasteiger charge is 2.04. The second kappa shape index (κ2) is 5.66. The van der Waals surface area contributed by atoms with Crippen LogP contribution in [0.2, 0.25) is 5.02 Å². The lowest BCUT2D eigenvalue weighted by Crippen LogP contribution is -2.01. The van der Waals surface area contributed by atoms with Crippen LogP contribution in [0.4, 0.5) is 0 Å². The molecule has 0 aliphatic rings. The van der Waals surface area contributed by atoms with Crippen molar-refractivity contribution in [2.24, 2.45) is 0 Å². The van der Waals surface area contributed by atoms with Crippen LogP contribution in [0.15, 0.2) is 34.2 Å². The first-order chi connectivity index (χ1) is 7.75. The van der Waals surface area contributed by atoms with Gasteiger partial charge in [-0.1, -0.05) is 17.7 Å². The Morgan fingerprint density at radius 3 is 3.06 bits per heavy atom. The molecule has 2 nitrogen and oxygen atoms in total. The number of halogens is 2. The molecule has 84 valence electrons. The normalized spacial score (nSPS) is 10.4. The maximum absolute atomic E-state index is 5.98. The van der Waals surface area contributed by atoms with Crippen molar-refractivity contribution in [2.75, 3.05) is 6.61 Å². The van der Waals surface area contributed by atoms with Crippen molar-refractivity contribution in [3.8, 4) is 5.88 Å². The Labute approximate surface area is 111 Å². The zero-order valence-electron chi connectivity index (χ0n) is 8.32. The number of thiophene rings is 1. The summed E-state index contributed by atoms with van der Waals surface area (Å²) in [6.45, 7) is 0.592. The minimum absolute atomic E-state index is 0.487. The first-order valence-electron chi connectivity index (χ1n) is 4.72. The minimum Gasteiger partial charge on any atom is -0.476 e. The summed E-state index contributed by atoms with van der Waals surface area (Å²) in [5, 5.41) is 2.58. The van der Waals surface area contributed by atoms with Gasteiger partial charge in [0, 0.05) is 22.0 Å². The van der Waals surface area contributed by atoms with Crippen molar-refractivity contribution in [3.05, 3.63) is 44.1 Å². The fourth-order valence-corrected chi connectivity index (χ4v) is 2.59. The molecule has 0 N–H and O–H groups in total. The fourth-order valence-electron chi connectivity index (χ4n) is 1.21. The molecule has 2 aromatic rings. The molecule has 2 aromatic heterocycles. The molecule has 0 saturated carbocycles. The first-order valence-corrected chi connectivity index (χ1v) is 6.77. The van der Waals surface area contributed by atoms with Gasteiger partial charge in [-0.05, 0) is 33.4 Å². The number of hydrogen-bond donors (Lipinski definition) is 0. The number of aromatic nitrogens is 1. The van der Waals surface area contributed by atoms with Gasteiger partial charge in [0.2, 0.25) is 5.88 Å². The lowest BCUT2D eigenvalue weighted by molar-refractivity contribution is 0.310. The molecular formula is C11H9BrClNOS. The molecule has 0 unspecified atom stereocenters. The average molecular weight is 319 g/mol. The maximum atomic E-state index is 5.98. The van der Waals surface area contributed by atoms with Gasteiger partial charge < -0.3 is 4.74 Å². The van der Waals surface area contributed by atoms with Crippen LogP contribution in [0.25, 0.3) is 0 Å². The molecule has 0 aliphatic carbocycles. The SMILES string of the molecule is Clc1cc(Br)cnc1OCCc1cccs1. The van der Waals surface area contributed by atoms with Gasteiger partial charge in [0.25, 0.3) is 0 Å². The van der Waals surface area contributed by atoms with Crippen molar-refractivity contribution < 1.29 is 4.74 Å². The minimum atomic E-state index is 0.487. The molecule has 0 atom stereocenters. The van der Waals surface area contributed by atoms with E-state index >= 15 is 0 Å². The van der Waals surface area contributed by atoms with E-state index < -0.39 is 0 Å². The quantitative estimate of drug-likeness (QED) is 0.843. The third-order valence-corrected chi connectivity index (χ3v) is 3.58. The summed E-state index contributed by atoms with van der Waals surface area (Å²) < 4.78 is 6.36. The third kappa shape index (κ3) is 3.20. The standard InChI is InChI=1S/C11H9BrClNOS/c12-8-6-10(13)11(14-7-8)15-4-3-9-2-1-5-16-9/h1-2,5-7H,3-4H2. The molecule has 0 bridgehead atoms. The molecule has 0 aliphatic heterocycles.